The van der Waals surface area contributed by atoms with E-state index in [0.717, 1.165) is 39.1 Å². The van der Waals surface area contributed by atoms with Gasteiger partial charge in [0.1, 0.15) is 0 Å². The summed E-state index contributed by atoms with van der Waals surface area (Å²) in [7, 11) is 0. The number of carbonyl (C=O) groups is 2. The average molecular weight is 363 g/mol. The number of rotatable bonds is 11. The van der Waals surface area contributed by atoms with Crippen molar-refractivity contribution in [3.63, 3.8) is 0 Å². The van der Waals surface area contributed by atoms with Gasteiger partial charge in [-0.1, -0.05) is 30.3 Å². The van der Waals surface area contributed by atoms with Crippen molar-refractivity contribution in [2.45, 2.75) is 45.1 Å². The molecule has 0 amide bonds. The lowest BCUT2D eigenvalue weighted by Crippen LogP contribution is -2.42. The van der Waals surface area contributed by atoms with Gasteiger partial charge in [0.05, 0.1) is 19.4 Å². The number of aliphatic carboxylic acids is 2. The molecule has 0 saturated carbocycles. The smallest absolute Gasteiger partial charge is 0.303 e. The zero-order valence-electron chi connectivity index (χ0n) is 15.2. The van der Waals surface area contributed by atoms with Gasteiger partial charge in [0.15, 0.2) is 0 Å². The fourth-order valence-electron chi connectivity index (χ4n) is 3.61. The van der Waals surface area contributed by atoms with E-state index in [1.165, 1.54) is 5.56 Å². The van der Waals surface area contributed by atoms with Gasteiger partial charge >= 0.3 is 11.9 Å². The van der Waals surface area contributed by atoms with E-state index in [4.69, 9.17) is 14.9 Å². The maximum atomic E-state index is 11.1. The number of piperidine rings is 1. The minimum absolute atomic E-state index is 0.0551. The van der Waals surface area contributed by atoms with E-state index in [1.54, 1.807) is 0 Å². The van der Waals surface area contributed by atoms with Gasteiger partial charge in [0.25, 0.3) is 0 Å². The van der Waals surface area contributed by atoms with Crippen molar-refractivity contribution in [2.24, 2.45) is 5.41 Å². The van der Waals surface area contributed by atoms with Crippen LogP contribution in [0.5, 0.6) is 0 Å². The van der Waals surface area contributed by atoms with Gasteiger partial charge in [-0.15, -0.1) is 0 Å². The van der Waals surface area contributed by atoms with E-state index < -0.39 is 17.4 Å². The summed E-state index contributed by atoms with van der Waals surface area (Å²) in [5, 5.41) is 18.2. The third-order valence-electron chi connectivity index (χ3n) is 5.09. The molecule has 2 rings (SSSR count). The Morgan fingerprint density at radius 2 is 1.62 bits per heavy atom. The van der Waals surface area contributed by atoms with E-state index in [9.17, 15) is 9.59 Å². The first-order chi connectivity index (χ1) is 12.5. The first-order valence-electron chi connectivity index (χ1n) is 9.27. The van der Waals surface area contributed by atoms with Gasteiger partial charge in [0, 0.05) is 6.61 Å². The summed E-state index contributed by atoms with van der Waals surface area (Å²) in [6.45, 7) is 3.85. The number of nitrogens with zero attached hydrogens (tertiary/aromatic N) is 1. The summed E-state index contributed by atoms with van der Waals surface area (Å²) in [5.41, 5.74) is 0.587. The van der Waals surface area contributed by atoms with Crippen LogP contribution in [0.25, 0.3) is 0 Å². The van der Waals surface area contributed by atoms with E-state index in [2.05, 4.69) is 4.90 Å². The minimum atomic E-state index is -0.907. The Kier molecular flexibility index (Phi) is 8.06. The molecule has 26 heavy (non-hydrogen) atoms. The van der Waals surface area contributed by atoms with Crippen LogP contribution in [0.4, 0.5) is 0 Å². The SMILES string of the molecule is O=C(O)CC1(CC(=O)O)CCN(CCCCOCc2ccccc2)CC1. The molecule has 0 radical (unpaired) electrons. The van der Waals surface area contributed by atoms with Gasteiger partial charge in [0.2, 0.25) is 0 Å². The summed E-state index contributed by atoms with van der Waals surface area (Å²) in [4.78, 5) is 24.5. The predicted molar refractivity (Wildman–Crippen MR) is 97.9 cm³/mol. The second-order valence-corrected chi connectivity index (χ2v) is 7.23. The van der Waals surface area contributed by atoms with Crippen LogP contribution in [-0.2, 0) is 20.9 Å². The maximum absolute atomic E-state index is 11.1. The largest absolute Gasteiger partial charge is 0.481 e. The molecule has 0 atom stereocenters. The Morgan fingerprint density at radius 3 is 2.19 bits per heavy atom. The predicted octanol–water partition coefficient (Wildman–Crippen LogP) is 3.02. The lowest BCUT2D eigenvalue weighted by Gasteiger charge is -2.40. The molecular formula is C20H29NO5. The molecule has 1 saturated heterocycles. The molecule has 1 aliphatic heterocycles. The second-order valence-electron chi connectivity index (χ2n) is 7.23. The highest BCUT2D eigenvalue weighted by Crippen LogP contribution is 2.38. The molecule has 2 N–H and O–H groups in total. The minimum Gasteiger partial charge on any atom is -0.481 e. The number of unbranched alkanes of at least 4 members (excludes halogenated alkanes) is 1. The Morgan fingerprint density at radius 1 is 1.00 bits per heavy atom. The highest BCUT2D eigenvalue weighted by atomic mass is 16.5. The fourth-order valence-corrected chi connectivity index (χ4v) is 3.61. The molecule has 0 aromatic heterocycles. The third-order valence-corrected chi connectivity index (χ3v) is 5.09. The molecule has 0 bridgehead atoms. The summed E-state index contributed by atoms with van der Waals surface area (Å²) < 4.78 is 5.68. The van der Waals surface area contributed by atoms with Crippen LogP contribution in [0, 0.1) is 5.41 Å². The normalized spacial score (nSPS) is 17.1. The highest BCUT2D eigenvalue weighted by molar-refractivity contribution is 5.72. The Bertz CT molecular complexity index is 549. The third kappa shape index (κ3) is 7.14. The van der Waals surface area contributed by atoms with Gasteiger partial charge in [-0.2, -0.15) is 0 Å². The number of ether oxygens (including phenoxy) is 1. The molecule has 0 spiro atoms. The second kappa shape index (κ2) is 10.3. The van der Waals surface area contributed by atoms with Crippen molar-refractivity contribution in [2.75, 3.05) is 26.2 Å². The molecule has 1 aromatic carbocycles. The van der Waals surface area contributed by atoms with Crippen molar-refractivity contribution in [3.8, 4) is 0 Å². The lowest BCUT2D eigenvalue weighted by molar-refractivity contribution is -0.145. The van der Waals surface area contributed by atoms with Crippen LogP contribution in [0.2, 0.25) is 0 Å². The molecule has 1 aliphatic rings. The van der Waals surface area contributed by atoms with Gasteiger partial charge in [-0.05, 0) is 56.3 Å². The molecule has 1 heterocycles. The number of likely N-dealkylation sites (tertiary alicyclic amines) is 1. The standard InChI is InChI=1S/C20H29NO5/c22-18(23)14-20(15-19(24)25)8-11-21(12-9-20)10-4-5-13-26-16-17-6-2-1-3-7-17/h1-3,6-7H,4-5,8-16H2,(H,22,23)(H,24,25). The molecule has 0 aliphatic carbocycles. The van der Waals surface area contributed by atoms with Crippen molar-refractivity contribution < 1.29 is 24.5 Å². The van der Waals surface area contributed by atoms with Crippen molar-refractivity contribution in [1.29, 1.82) is 0 Å². The van der Waals surface area contributed by atoms with Crippen molar-refractivity contribution in [3.05, 3.63) is 35.9 Å². The maximum Gasteiger partial charge on any atom is 0.303 e. The van der Waals surface area contributed by atoms with Gasteiger partial charge in [-0.3, -0.25) is 9.59 Å². The first kappa shape index (κ1) is 20.4. The van der Waals surface area contributed by atoms with Crippen LogP contribution in [-0.4, -0.2) is 53.3 Å². The van der Waals surface area contributed by atoms with E-state index >= 15 is 0 Å². The van der Waals surface area contributed by atoms with Gasteiger partial charge < -0.3 is 19.8 Å². The lowest BCUT2D eigenvalue weighted by atomic mass is 9.73. The quantitative estimate of drug-likeness (QED) is 0.588. The molecule has 144 valence electrons. The molecule has 6 heteroatoms. The zero-order valence-corrected chi connectivity index (χ0v) is 15.2. The number of carboxylic acid groups (broad SMARTS) is 2. The number of hydrogen-bond donors (Lipinski definition) is 2. The summed E-state index contributed by atoms with van der Waals surface area (Å²) in [5.74, 6) is -1.81. The van der Waals surface area contributed by atoms with Crippen LogP contribution < -0.4 is 0 Å². The van der Waals surface area contributed by atoms with E-state index in [-0.39, 0.29) is 12.8 Å². The van der Waals surface area contributed by atoms with Crippen LogP contribution in [0.3, 0.4) is 0 Å². The highest BCUT2D eigenvalue weighted by Gasteiger charge is 2.38. The topological polar surface area (TPSA) is 87.1 Å². The summed E-state index contributed by atoms with van der Waals surface area (Å²) >= 11 is 0. The summed E-state index contributed by atoms with van der Waals surface area (Å²) in [6.07, 6.45) is 3.17. The van der Waals surface area contributed by atoms with Crippen LogP contribution in [0.1, 0.15) is 44.1 Å². The molecular weight excluding hydrogens is 334 g/mol. The summed E-state index contributed by atoms with van der Waals surface area (Å²) in [6, 6.07) is 10.1. The monoisotopic (exact) mass is 363 g/mol. The Labute approximate surface area is 154 Å². The van der Waals surface area contributed by atoms with E-state index in [0.29, 0.717) is 19.4 Å². The van der Waals surface area contributed by atoms with Gasteiger partial charge in [-0.25, -0.2) is 0 Å². The Balaban J connectivity index is 1.61. The molecule has 1 aromatic rings. The zero-order chi connectivity index (χ0) is 18.8. The molecule has 1 fully saturated rings. The van der Waals surface area contributed by atoms with E-state index in [1.807, 2.05) is 30.3 Å². The molecule has 0 unspecified atom stereocenters. The number of benzene rings is 1. The number of carboxylic acids is 2. The van der Waals surface area contributed by atoms with Crippen LogP contribution in [0.15, 0.2) is 30.3 Å². The average Bonchev–Trinajstić information content (AvgIpc) is 2.59. The van der Waals surface area contributed by atoms with Crippen LogP contribution >= 0.6 is 0 Å². The van der Waals surface area contributed by atoms with Crippen molar-refractivity contribution >= 4 is 11.9 Å². The molecule has 6 nitrogen and oxygen atoms in total. The van der Waals surface area contributed by atoms with Crippen molar-refractivity contribution in [1.82, 2.24) is 4.90 Å². The number of hydrogen-bond acceptors (Lipinski definition) is 4. The Hall–Kier alpha value is -1.92. The fraction of sp³-hybridized carbons (Fsp3) is 0.600. The first-order valence-corrected chi connectivity index (χ1v) is 9.27.